The van der Waals surface area contributed by atoms with Crippen LogP contribution in [0.1, 0.15) is 12.0 Å². The predicted octanol–water partition coefficient (Wildman–Crippen LogP) is 2.86. The molecule has 1 atom stereocenters. The normalized spacial score (nSPS) is 16.5. The van der Waals surface area contributed by atoms with E-state index in [-0.39, 0.29) is 18.2 Å². The van der Waals surface area contributed by atoms with Crippen LogP contribution in [0.3, 0.4) is 0 Å². The van der Waals surface area contributed by atoms with Crippen LogP contribution in [-0.2, 0) is 9.59 Å². The number of carbonyl (C=O) groups excluding carboxylic acids is 2. The SMILES string of the molecule is COc1ccc(/C=N\NC(=O)C2CC(=O)N(c3ccc(Cl)cc3)C2)cc1OC. The Morgan fingerprint density at radius 1 is 1.18 bits per heavy atom. The zero-order valence-electron chi connectivity index (χ0n) is 15.5. The summed E-state index contributed by atoms with van der Waals surface area (Å²) in [6.45, 7) is 0.304. The number of rotatable bonds is 6. The first-order valence-corrected chi connectivity index (χ1v) is 9.00. The third-order valence-electron chi connectivity index (χ3n) is 4.43. The molecule has 1 aliphatic heterocycles. The van der Waals surface area contributed by atoms with Crippen LogP contribution < -0.4 is 19.8 Å². The summed E-state index contributed by atoms with van der Waals surface area (Å²) in [5.41, 5.74) is 3.96. The monoisotopic (exact) mass is 401 g/mol. The highest BCUT2D eigenvalue weighted by Crippen LogP contribution is 2.27. The Labute approximate surface area is 167 Å². The fourth-order valence-electron chi connectivity index (χ4n) is 2.95. The van der Waals surface area contributed by atoms with Crippen molar-refractivity contribution in [1.29, 1.82) is 0 Å². The van der Waals surface area contributed by atoms with Crippen molar-refractivity contribution in [1.82, 2.24) is 5.43 Å². The molecule has 0 aromatic heterocycles. The lowest BCUT2D eigenvalue weighted by Crippen LogP contribution is -2.30. The van der Waals surface area contributed by atoms with Gasteiger partial charge in [-0.3, -0.25) is 9.59 Å². The molecule has 1 fully saturated rings. The van der Waals surface area contributed by atoms with Crippen LogP contribution in [0, 0.1) is 5.92 Å². The zero-order chi connectivity index (χ0) is 20.1. The molecule has 2 aromatic carbocycles. The Hall–Kier alpha value is -3.06. The Bertz CT molecular complexity index is 899. The van der Waals surface area contributed by atoms with Gasteiger partial charge in [0, 0.05) is 23.7 Å². The number of benzene rings is 2. The van der Waals surface area contributed by atoms with Gasteiger partial charge in [0.25, 0.3) is 0 Å². The lowest BCUT2D eigenvalue weighted by Gasteiger charge is -2.16. The van der Waals surface area contributed by atoms with E-state index in [2.05, 4.69) is 10.5 Å². The minimum atomic E-state index is -0.467. The molecular formula is C20H20ClN3O4. The molecule has 1 saturated heterocycles. The topological polar surface area (TPSA) is 80.2 Å². The first kappa shape index (κ1) is 19.7. The standard InChI is InChI=1S/C20H20ClN3O4/c1-27-17-8-3-13(9-18(17)28-2)11-22-23-20(26)14-10-19(25)24(12-14)16-6-4-15(21)5-7-16/h3-9,11,14H,10,12H2,1-2H3,(H,23,26)/b22-11-. The summed E-state index contributed by atoms with van der Waals surface area (Å²) in [6, 6.07) is 12.2. The van der Waals surface area contributed by atoms with Crippen LogP contribution in [0.15, 0.2) is 47.6 Å². The minimum absolute atomic E-state index is 0.105. The molecular weight excluding hydrogens is 382 g/mol. The van der Waals surface area contributed by atoms with E-state index in [4.69, 9.17) is 21.1 Å². The number of methoxy groups -OCH3 is 2. The highest BCUT2D eigenvalue weighted by molar-refractivity contribution is 6.30. The molecule has 146 valence electrons. The van der Waals surface area contributed by atoms with Crippen LogP contribution in [-0.4, -0.2) is 38.8 Å². The molecule has 1 heterocycles. The van der Waals surface area contributed by atoms with Gasteiger partial charge in [-0.1, -0.05) is 11.6 Å². The number of halogens is 1. The van der Waals surface area contributed by atoms with Crippen molar-refractivity contribution in [2.75, 3.05) is 25.7 Å². The van der Waals surface area contributed by atoms with Crippen LogP contribution >= 0.6 is 11.6 Å². The van der Waals surface area contributed by atoms with E-state index in [1.54, 1.807) is 61.6 Å². The second-order valence-electron chi connectivity index (χ2n) is 6.23. The molecule has 1 unspecified atom stereocenters. The van der Waals surface area contributed by atoms with Gasteiger partial charge < -0.3 is 14.4 Å². The van der Waals surface area contributed by atoms with Gasteiger partial charge in [-0.05, 0) is 48.0 Å². The average Bonchev–Trinajstić information content (AvgIpc) is 3.10. The van der Waals surface area contributed by atoms with Crippen LogP contribution in [0.2, 0.25) is 5.02 Å². The predicted molar refractivity (Wildman–Crippen MR) is 107 cm³/mol. The van der Waals surface area contributed by atoms with Crippen molar-refractivity contribution < 1.29 is 19.1 Å². The summed E-state index contributed by atoms with van der Waals surface area (Å²) in [4.78, 5) is 26.2. The molecule has 2 aromatic rings. The Morgan fingerprint density at radius 2 is 1.89 bits per heavy atom. The molecule has 0 saturated carbocycles. The lowest BCUT2D eigenvalue weighted by molar-refractivity contribution is -0.126. The molecule has 8 heteroatoms. The first-order chi connectivity index (χ1) is 13.5. The molecule has 7 nitrogen and oxygen atoms in total. The second-order valence-corrected chi connectivity index (χ2v) is 6.67. The number of amides is 2. The fraction of sp³-hybridized carbons (Fsp3) is 0.250. The quantitative estimate of drug-likeness (QED) is 0.596. The summed E-state index contributed by atoms with van der Waals surface area (Å²) < 4.78 is 10.4. The molecule has 1 aliphatic rings. The second kappa shape index (κ2) is 8.75. The van der Waals surface area contributed by atoms with Crippen molar-refractivity contribution in [3.63, 3.8) is 0 Å². The zero-order valence-corrected chi connectivity index (χ0v) is 16.3. The van der Waals surface area contributed by atoms with Crippen molar-refractivity contribution in [3.8, 4) is 11.5 Å². The number of nitrogens with zero attached hydrogens (tertiary/aromatic N) is 2. The van der Waals surface area contributed by atoms with Gasteiger partial charge in [0.2, 0.25) is 11.8 Å². The lowest BCUT2D eigenvalue weighted by atomic mass is 10.1. The largest absolute Gasteiger partial charge is 0.493 e. The maximum Gasteiger partial charge on any atom is 0.245 e. The van der Waals surface area contributed by atoms with Crippen molar-refractivity contribution in [3.05, 3.63) is 53.1 Å². The van der Waals surface area contributed by atoms with E-state index in [9.17, 15) is 9.59 Å². The van der Waals surface area contributed by atoms with Gasteiger partial charge in [-0.2, -0.15) is 5.10 Å². The van der Waals surface area contributed by atoms with Crippen molar-refractivity contribution >= 4 is 35.3 Å². The van der Waals surface area contributed by atoms with Crippen molar-refractivity contribution in [2.24, 2.45) is 11.0 Å². The average molecular weight is 402 g/mol. The summed E-state index contributed by atoms with van der Waals surface area (Å²) in [5, 5.41) is 4.58. The number of anilines is 1. The molecule has 3 rings (SSSR count). The first-order valence-electron chi connectivity index (χ1n) is 8.62. The van der Waals surface area contributed by atoms with Gasteiger partial charge in [0.15, 0.2) is 11.5 Å². The van der Waals surface area contributed by atoms with E-state index in [0.717, 1.165) is 11.3 Å². The third-order valence-corrected chi connectivity index (χ3v) is 4.68. The number of hydrogen-bond acceptors (Lipinski definition) is 5. The van der Waals surface area contributed by atoms with E-state index in [1.165, 1.54) is 6.21 Å². The maximum absolute atomic E-state index is 12.4. The highest BCUT2D eigenvalue weighted by atomic mass is 35.5. The van der Waals surface area contributed by atoms with E-state index in [0.29, 0.717) is 23.1 Å². The van der Waals surface area contributed by atoms with Gasteiger partial charge >= 0.3 is 0 Å². The molecule has 1 N–H and O–H groups in total. The van der Waals surface area contributed by atoms with Gasteiger partial charge in [-0.15, -0.1) is 0 Å². The van der Waals surface area contributed by atoms with Gasteiger partial charge in [0.1, 0.15) is 0 Å². The molecule has 0 radical (unpaired) electrons. The van der Waals surface area contributed by atoms with E-state index >= 15 is 0 Å². The van der Waals surface area contributed by atoms with Crippen LogP contribution in [0.5, 0.6) is 11.5 Å². The number of hydrogen-bond donors (Lipinski definition) is 1. The molecule has 0 aliphatic carbocycles. The number of hydrazone groups is 1. The summed E-state index contributed by atoms with van der Waals surface area (Å²) >= 11 is 5.88. The summed E-state index contributed by atoms with van der Waals surface area (Å²) in [6.07, 6.45) is 1.65. The van der Waals surface area contributed by atoms with Crippen molar-refractivity contribution in [2.45, 2.75) is 6.42 Å². The van der Waals surface area contributed by atoms with E-state index in [1.807, 2.05) is 0 Å². The smallest absolute Gasteiger partial charge is 0.245 e. The molecule has 0 bridgehead atoms. The third kappa shape index (κ3) is 4.43. The minimum Gasteiger partial charge on any atom is -0.493 e. The number of ether oxygens (including phenoxy) is 2. The summed E-state index contributed by atoms with van der Waals surface area (Å²) in [5.74, 6) is 0.298. The Balaban J connectivity index is 1.60. The Kier molecular flexibility index (Phi) is 6.16. The van der Waals surface area contributed by atoms with Crippen LogP contribution in [0.4, 0.5) is 5.69 Å². The molecule has 28 heavy (non-hydrogen) atoms. The highest BCUT2D eigenvalue weighted by Gasteiger charge is 2.35. The molecule has 0 spiro atoms. The van der Waals surface area contributed by atoms with E-state index < -0.39 is 5.92 Å². The van der Waals surface area contributed by atoms with Gasteiger partial charge in [0.05, 0.1) is 26.4 Å². The van der Waals surface area contributed by atoms with Gasteiger partial charge in [-0.25, -0.2) is 5.43 Å². The number of nitrogens with one attached hydrogen (secondary N) is 1. The Morgan fingerprint density at radius 3 is 2.57 bits per heavy atom. The fourth-order valence-corrected chi connectivity index (χ4v) is 3.07. The van der Waals surface area contributed by atoms with Crippen LogP contribution in [0.25, 0.3) is 0 Å². The molecule has 2 amide bonds. The summed E-state index contributed by atoms with van der Waals surface area (Å²) in [7, 11) is 3.10. The maximum atomic E-state index is 12.4. The number of carbonyl (C=O) groups is 2.